The molecule has 0 atom stereocenters. The van der Waals surface area contributed by atoms with Gasteiger partial charge in [-0.3, -0.25) is 0 Å². The summed E-state index contributed by atoms with van der Waals surface area (Å²) in [6, 6.07) is 8.40. The van der Waals surface area contributed by atoms with Crippen LogP contribution in [0.25, 0.3) is 11.1 Å². The third kappa shape index (κ3) is 2.63. The van der Waals surface area contributed by atoms with Crippen LogP contribution in [-0.4, -0.2) is 0 Å². The second-order valence-electron chi connectivity index (χ2n) is 3.48. The van der Waals surface area contributed by atoms with Crippen LogP contribution in [0.4, 0.5) is 5.69 Å². The minimum absolute atomic E-state index is 0.455. The number of hydrogen-bond donors (Lipinski definition) is 1. The Labute approximate surface area is 119 Å². The van der Waals surface area contributed by atoms with Crippen molar-refractivity contribution in [2.45, 2.75) is 0 Å². The molecule has 0 heterocycles. The zero-order valence-electron chi connectivity index (χ0n) is 8.48. The average molecular weight is 307 g/mol. The van der Waals surface area contributed by atoms with E-state index < -0.39 is 0 Å². The van der Waals surface area contributed by atoms with Gasteiger partial charge in [0.25, 0.3) is 0 Å². The van der Waals surface area contributed by atoms with Gasteiger partial charge >= 0.3 is 0 Å². The van der Waals surface area contributed by atoms with Gasteiger partial charge in [-0.1, -0.05) is 52.5 Å². The molecule has 0 aliphatic rings. The molecule has 17 heavy (non-hydrogen) atoms. The molecule has 2 rings (SSSR count). The van der Waals surface area contributed by atoms with Gasteiger partial charge in [0.05, 0.1) is 10.0 Å². The minimum Gasteiger partial charge on any atom is -0.398 e. The quantitative estimate of drug-likeness (QED) is 0.687. The Bertz CT molecular complexity index is 558. The highest BCUT2D eigenvalue weighted by Crippen LogP contribution is 2.40. The fraction of sp³-hybridized carbons (Fsp3) is 0. The summed E-state index contributed by atoms with van der Waals surface area (Å²) in [6.07, 6.45) is 0. The molecule has 0 unspecified atom stereocenters. The zero-order chi connectivity index (χ0) is 12.6. The van der Waals surface area contributed by atoms with Gasteiger partial charge in [-0.2, -0.15) is 0 Å². The number of benzene rings is 2. The highest BCUT2D eigenvalue weighted by Gasteiger charge is 2.12. The Morgan fingerprint density at radius 3 is 1.88 bits per heavy atom. The van der Waals surface area contributed by atoms with Crippen LogP contribution < -0.4 is 5.73 Å². The number of halogens is 4. The molecule has 1 nitrogen and oxygen atoms in total. The molecule has 0 saturated heterocycles. The number of hydrogen-bond acceptors (Lipinski definition) is 1. The van der Waals surface area contributed by atoms with E-state index in [1.165, 1.54) is 0 Å². The summed E-state index contributed by atoms with van der Waals surface area (Å²) >= 11 is 23.9. The van der Waals surface area contributed by atoms with E-state index in [0.29, 0.717) is 31.3 Å². The van der Waals surface area contributed by atoms with Gasteiger partial charge in [0.1, 0.15) is 0 Å². The summed E-state index contributed by atoms with van der Waals surface area (Å²) in [4.78, 5) is 0. The molecule has 0 bridgehead atoms. The topological polar surface area (TPSA) is 26.0 Å². The standard InChI is InChI=1S/C12H7Cl4N/c13-6-1-2-8(11(17)5-6)12-9(15)3-7(14)4-10(12)16/h1-5H,17H2. The molecule has 2 aromatic rings. The lowest BCUT2D eigenvalue weighted by molar-refractivity contribution is 1.60. The second-order valence-corrected chi connectivity index (χ2v) is 5.16. The van der Waals surface area contributed by atoms with Crippen molar-refractivity contribution in [1.29, 1.82) is 0 Å². The maximum absolute atomic E-state index is 6.12. The van der Waals surface area contributed by atoms with Gasteiger partial charge in [0.2, 0.25) is 0 Å². The van der Waals surface area contributed by atoms with Gasteiger partial charge in [-0.15, -0.1) is 0 Å². The smallest absolute Gasteiger partial charge is 0.0514 e. The van der Waals surface area contributed by atoms with E-state index in [1.807, 2.05) is 0 Å². The summed E-state index contributed by atoms with van der Waals surface area (Å²) in [5, 5.41) is 1.96. The Kier molecular flexibility index (Phi) is 3.74. The monoisotopic (exact) mass is 305 g/mol. The average Bonchev–Trinajstić information content (AvgIpc) is 2.19. The normalized spacial score (nSPS) is 10.6. The summed E-state index contributed by atoms with van der Waals surface area (Å²) in [5.41, 5.74) is 7.81. The SMILES string of the molecule is Nc1cc(Cl)ccc1-c1c(Cl)cc(Cl)cc1Cl. The summed E-state index contributed by atoms with van der Waals surface area (Å²) < 4.78 is 0. The largest absolute Gasteiger partial charge is 0.398 e. The van der Waals surface area contributed by atoms with Gasteiger partial charge in [-0.05, 0) is 24.3 Å². The van der Waals surface area contributed by atoms with Crippen LogP contribution in [0.15, 0.2) is 30.3 Å². The fourth-order valence-electron chi connectivity index (χ4n) is 1.56. The first-order chi connectivity index (χ1) is 7.99. The molecule has 0 radical (unpaired) electrons. The first kappa shape index (κ1) is 12.8. The molecule has 0 amide bonds. The van der Waals surface area contributed by atoms with Crippen molar-refractivity contribution >= 4 is 52.1 Å². The van der Waals surface area contributed by atoms with Crippen LogP contribution in [0.3, 0.4) is 0 Å². The Balaban J connectivity index is 2.68. The molecule has 2 aromatic carbocycles. The molecule has 2 N–H and O–H groups in total. The van der Waals surface area contributed by atoms with Gasteiger partial charge < -0.3 is 5.73 Å². The summed E-state index contributed by atoms with van der Waals surface area (Å²) in [6.45, 7) is 0. The van der Waals surface area contributed by atoms with Crippen molar-refractivity contribution in [3.63, 3.8) is 0 Å². The van der Waals surface area contributed by atoms with Crippen molar-refractivity contribution in [3.05, 3.63) is 50.4 Å². The minimum atomic E-state index is 0.455. The molecule has 5 heteroatoms. The van der Waals surface area contributed by atoms with Gasteiger partial charge in [0.15, 0.2) is 0 Å². The van der Waals surface area contributed by atoms with Crippen LogP contribution in [0.5, 0.6) is 0 Å². The second kappa shape index (κ2) is 4.95. The highest BCUT2D eigenvalue weighted by molar-refractivity contribution is 6.42. The van der Waals surface area contributed by atoms with Crippen molar-refractivity contribution in [2.24, 2.45) is 0 Å². The van der Waals surface area contributed by atoms with E-state index in [1.54, 1.807) is 30.3 Å². The third-order valence-electron chi connectivity index (χ3n) is 2.29. The molecule has 0 aliphatic heterocycles. The Morgan fingerprint density at radius 1 is 0.765 bits per heavy atom. The molecule has 0 aromatic heterocycles. The van der Waals surface area contributed by atoms with Crippen LogP contribution in [0.1, 0.15) is 0 Å². The maximum Gasteiger partial charge on any atom is 0.0514 e. The number of anilines is 1. The van der Waals surface area contributed by atoms with Crippen LogP contribution in [0.2, 0.25) is 20.1 Å². The van der Waals surface area contributed by atoms with E-state index in [4.69, 9.17) is 52.1 Å². The number of nitrogen functional groups attached to an aromatic ring is 1. The third-order valence-corrected chi connectivity index (χ3v) is 3.34. The van der Waals surface area contributed by atoms with Crippen LogP contribution in [-0.2, 0) is 0 Å². The van der Waals surface area contributed by atoms with Crippen molar-refractivity contribution in [2.75, 3.05) is 5.73 Å². The summed E-state index contributed by atoms with van der Waals surface area (Å²) in [7, 11) is 0. The molecular weight excluding hydrogens is 300 g/mol. The lowest BCUT2D eigenvalue weighted by Crippen LogP contribution is -1.91. The van der Waals surface area contributed by atoms with Crippen molar-refractivity contribution in [1.82, 2.24) is 0 Å². The molecular formula is C12H7Cl4N. The zero-order valence-corrected chi connectivity index (χ0v) is 11.5. The lowest BCUT2D eigenvalue weighted by atomic mass is 10.0. The van der Waals surface area contributed by atoms with Crippen molar-refractivity contribution in [3.8, 4) is 11.1 Å². The molecule has 88 valence electrons. The Hall–Kier alpha value is -0.600. The van der Waals surface area contributed by atoms with Gasteiger partial charge in [-0.25, -0.2) is 0 Å². The lowest BCUT2D eigenvalue weighted by Gasteiger charge is -2.11. The van der Waals surface area contributed by atoms with E-state index in [2.05, 4.69) is 0 Å². The Morgan fingerprint density at radius 2 is 1.35 bits per heavy atom. The van der Waals surface area contributed by atoms with E-state index >= 15 is 0 Å². The molecule has 0 aliphatic carbocycles. The predicted octanol–water partition coefficient (Wildman–Crippen LogP) is 5.55. The summed E-state index contributed by atoms with van der Waals surface area (Å²) in [5.74, 6) is 0. The molecule has 0 spiro atoms. The van der Waals surface area contributed by atoms with Gasteiger partial charge in [0, 0.05) is 26.9 Å². The first-order valence-electron chi connectivity index (χ1n) is 4.69. The predicted molar refractivity (Wildman–Crippen MR) is 76.3 cm³/mol. The van der Waals surface area contributed by atoms with Crippen LogP contribution >= 0.6 is 46.4 Å². The van der Waals surface area contributed by atoms with E-state index in [0.717, 1.165) is 5.56 Å². The number of rotatable bonds is 1. The first-order valence-corrected chi connectivity index (χ1v) is 6.20. The van der Waals surface area contributed by atoms with E-state index in [9.17, 15) is 0 Å². The highest BCUT2D eigenvalue weighted by atomic mass is 35.5. The maximum atomic E-state index is 6.12. The molecule has 0 saturated carbocycles. The van der Waals surface area contributed by atoms with Crippen LogP contribution in [0, 0.1) is 0 Å². The van der Waals surface area contributed by atoms with Crippen molar-refractivity contribution < 1.29 is 0 Å². The number of nitrogens with two attached hydrogens (primary N) is 1. The molecule has 0 fully saturated rings. The fourth-order valence-corrected chi connectivity index (χ4v) is 2.76. The van der Waals surface area contributed by atoms with E-state index in [-0.39, 0.29) is 0 Å².